The highest BCUT2D eigenvalue weighted by Crippen LogP contribution is 2.42. The van der Waals surface area contributed by atoms with E-state index in [-0.39, 0.29) is 11.7 Å². The molecule has 40 heavy (non-hydrogen) atoms. The Hall–Kier alpha value is -3.54. The molecule has 1 aliphatic rings. The van der Waals surface area contributed by atoms with Gasteiger partial charge in [-0.05, 0) is 47.7 Å². The molecule has 0 spiro atoms. The maximum Gasteiger partial charge on any atom is 0.407 e. The first-order valence-corrected chi connectivity index (χ1v) is 17.9. The first kappa shape index (κ1) is 26.7. The van der Waals surface area contributed by atoms with Crippen LogP contribution in [-0.4, -0.2) is 56.7 Å². The number of rotatable bonds is 7. The molecule has 0 fully saturated rings. The van der Waals surface area contributed by atoms with Crippen LogP contribution in [-0.2, 0) is 24.6 Å². The van der Waals surface area contributed by atoms with Gasteiger partial charge in [-0.1, -0.05) is 31.8 Å². The van der Waals surface area contributed by atoms with Crippen LogP contribution >= 0.6 is 11.3 Å². The second-order valence-corrected chi connectivity index (χ2v) is 18.2. The summed E-state index contributed by atoms with van der Waals surface area (Å²) in [5.41, 5.74) is 6.16. The Morgan fingerprint density at radius 3 is 2.80 bits per heavy atom. The van der Waals surface area contributed by atoms with Gasteiger partial charge in [0.2, 0.25) is 0 Å². The summed E-state index contributed by atoms with van der Waals surface area (Å²) < 4.78 is 24.9. The summed E-state index contributed by atoms with van der Waals surface area (Å²) in [4.78, 5) is 18.1. The van der Waals surface area contributed by atoms with Gasteiger partial charge in [-0.25, -0.2) is 9.78 Å². The molecular weight excluding hydrogens is 546 g/mol. The third-order valence-corrected chi connectivity index (χ3v) is 10.0. The van der Waals surface area contributed by atoms with Crippen molar-refractivity contribution in [3.63, 3.8) is 0 Å². The zero-order valence-corrected chi connectivity index (χ0v) is 24.9. The normalized spacial score (nSPS) is 13.9. The van der Waals surface area contributed by atoms with E-state index in [0.29, 0.717) is 26.4 Å². The topological polar surface area (TPSA) is 85.4 Å². The van der Waals surface area contributed by atoms with Crippen molar-refractivity contribution in [3.8, 4) is 22.4 Å². The highest BCUT2D eigenvalue weighted by molar-refractivity contribution is 7.17. The number of carboxylic acid groups (broad SMARTS) is 1. The minimum absolute atomic E-state index is 0.228. The van der Waals surface area contributed by atoms with Gasteiger partial charge < -0.3 is 19.3 Å². The fraction of sp³-hybridized carbons (Fsp3) is 0.345. The third-order valence-electron chi connectivity index (χ3n) is 7.46. The van der Waals surface area contributed by atoms with Crippen molar-refractivity contribution in [2.45, 2.75) is 52.4 Å². The van der Waals surface area contributed by atoms with Crippen molar-refractivity contribution in [2.75, 3.05) is 13.2 Å². The molecular formula is C29H32FN5O3SSi. The predicted molar refractivity (Wildman–Crippen MR) is 159 cm³/mol. The summed E-state index contributed by atoms with van der Waals surface area (Å²) in [5.74, 6) is 0. The Morgan fingerprint density at radius 1 is 1.20 bits per heavy atom. The van der Waals surface area contributed by atoms with Gasteiger partial charge in [0, 0.05) is 54.8 Å². The number of aromatic nitrogens is 4. The second-order valence-electron chi connectivity index (χ2n) is 11.6. The van der Waals surface area contributed by atoms with E-state index in [2.05, 4.69) is 32.8 Å². The molecule has 8 nitrogen and oxygen atoms in total. The minimum atomic E-state index is -1.20. The van der Waals surface area contributed by atoms with E-state index in [1.807, 2.05) is 33.5 Å². The molecule has 5 heterocycles. The van der Waals surface area contributed by atoms with Crippen LogP contribution in [0.25, 0.3) is 43.5 Å². The Balaban J connectivity index is 1.49. The van der Waals surface area contributed by atoms with Gasteiger partial charge in [0.25, 0.3) is 0 Å². The average molecular weight is 578 g/mol. The van der Waals surface area contributed by atoms with E-state index in [4.69, 9.17) is 14.8 Å². The lowest BCUT2D eigenvalue weighted by Crippen LogP contribution is -2.37. The van der Waals surface area contributed by atoms with Gasteiger partial charge in [0.05, 0.1) is 18.8 Å². The molecule has 11 heteroatoms. The number of thiophene rings is 1. The number of amides is 1. The molecule has 1 amide bonds. The smallest absolute Gasteiger partial charge is 0.407 e. The molecule has 0 atom stereocenters. The number of hydrogen-bond donors (Lipinski definition) is 1. The summed E-state index contributed by atoms with van der Waals surface area (Å²) >= 11 is 1.11. The van der Waals surface area contributed by atoms with Crippen molar-refractivity contribution >= 4 is 46.6 Å². The molecule has 6 rings (SSSR count). The quantitative estimate of drug-likeness (QED) is 0.166. The molecule has 0 aliphatic carbocycles. The summed E-state index contributed by atoms with van der Waals surface area (Å²) in [6, 6.07) is 10.5. The van der Waals surface area contributed by atoms with E-state index >= 15 is 0 Å². The van der Waals surface area contributed by atoms with E-state index in [1.54, 1.807) is 6.20 Å². The van der Waals surface area contributed by atoms with Crippen LogP contribution in [0.2, 0.25) is 25.7 Å². The van der Waals surface area contributed by atoms with Gasteiger partial charge in [0.15, 0.2) is 5.13 Å². The highest BCUT2D eigenvalue weighted by Gasteiger charge is 2.29. The number of ether oxygens (including phenoxy) is 1. The van der Waals surface area contributed by atoms with Gasteiger partial charge in [0.1, 0.15) is 18.1 Å². The predicted octanol–water partition coefficient (Wildman–Crippen LogP) is 7.03. The number of aryl methyl sites for hydroxylation is 1. The second kappa shape index (κ2) is 10.1. The first-order valence-electron chi connectivity index (χ1n) is 13.4. The van der Waals surface area contributed by atoms with Crippen molar-refractivity contribution in [2.24, 2.45) is 0 Å². The zero-order chi connectivity index (χ0) is 28.2. The lowest BCUT2D eigenvalue weighted by atomic mass is 9.95. The summed E-state index contributed by atoms with van der Waals surface area (Å²) in [7, 11) is -1.20. The highest BCUT2D eigenvalue weighted by atomic mass is 32.1. The van der Waals surface area contributed by atoms with Crippen LogP contribution in [0.3, 0.4) is 0 Å². The number of hydrogen-bond acceptors (Lipinski definition) is 5. The molecule has 0 saturated carbocycles. The van der Waals surface area contributed by atoms with Crippen LogP contribution in [0.1, 0.15) is 11.3 Å². The van der Waals surface area contributed by atoms with E-state index in [1.165, 1.54) is 11.0 Å². The van der Waals surface area contributed by atoms with Gasteiger partial charge in [-0.3, -0.25) is 4.68 Å². The number of benzene rings is 1. The van der Waals surface area contributed by atoms with Crippen LogP contribution < -0.4 is 0 Å². The maximum absolute atomic E-state index is 14.0. The van der Waals surface area contributed by atoms with Crippen molar-refractivity contribution < 1.29 is 19.0 Å². The van der Waals surface area contributed by atoms with Crippen LogP contribution in [0.4, 0.5) is 9.18 Å². The average Bonchev–Trinajstić information content (AvgIpc) is 3.57. The number of halogens is 1. The molecule has 5 aromatic rings. The van der Waals surface area contributed by atoms with Gasteiger partial charge in [-0.15, -0.1) is 11.3 Å². The number of pyridine rings is 1. The van der Waals surface area contributed by atoms with Crippen LogP contribution in [0, 0.1) is 12.1 Å². The summed E-state index contributed by atoms with van der Waals surface area (Å²) in [6.45, 7) is 11.3. The van der Waals surface area contributed by atoms with Crippen LogP contribution in [0.5, 0.6) is 0 Å². The molecule has 0 saturated heterocycles. The Bertz CT molecular complexity index is 1750. The van der Waals surface area contributed by atoms with Gasteiger partial charge in [-0.2, -0.15) is 9.49 Å². The van der Waals surface area contributed by atoms with E-state index in [9.17, 15) is 14.3 Å². The monoisotopic (exact) mass is 577 g/mol. The molecule has 1 N–H and O–H groups in total. The SMILES string of the molecule is Cc1cn(COCC[Si](C)(C)C)c2nccc(-c3c(-c4ccc5cc(F)sc5c4)nn4c3CN(C(=O)O)CC4)c12. The number of carbonyl (C=O) groups is 1. The number of fused-ring (bicyclic) bond motifs is 3. The Labute approximate surface area is 236 Å². The third kappa shape index (κ3) is 4.93. The van der Waals surface area contributed by atoms with Crippen LogP contribution in [0.15, 0.2) is 42.7 Å². The largest absolute Gasteiger partial charge is 0.465 e. The molecule has 1 aromatic carbocycles. The summed E-state index contributed by atoms with van der Waals surface area (Å²) in [5, 5.41) is 16.4. The lowest BCUT2D eigenvalue weighted by molar-refractivity contribution is 0.0898. The van der Waals surface area contributed by atoms with Crippen molar-refractivity contribution in [1.29, 1.82) is 0 Å². The standard InChI is InChI=1S/C29H32FN5O3SSi/c1-18-15-34(17-38-11-12-40(2,3)4)28-25(18)21(7-8-31-28)26-22-16-33(29(36)37)9-10-35(22)32-27(26)20-6-5-19-14-24(30)39-23(19)13-20/h5-8,13-15H,9-12,16-17H2,1-4H3,(H,36,37). The maximum atomic E-state index is 14.0. The summed E-state index contributed by atoms with van der Waals surface area (Å²) in [6.07, 6.45) is 2.90. The molecule has 1 aliphatic heterocycles. The lowest BCUT2D eigenvalue weighted by Gasteiger charge is -2.26. The Kier molecular flexibility index (Phi) is 6.76. The zero-order valence-electron chi connectivity index (χ0n) is 23.1. The molecule has 0 bridgehead atoms. The van der Waals surface area contributed by atoms with Gasteiger partial charge >= 0.3 is 6.09 Å². The fourth-order valence-corrected chi connectivity index (χ4v) is 6.96. The van der Waals surface area contributed by atoms with E-state index < -0.39 is 14.2 Å². The first-order chi connectivity index (χ1) is 19.1. The minimum Gasteiger partial charge on any atom is -0.465 e. The van der Waals surface area contributed by atoms with E-state index in [0.717, 1.165) is 72.1 Å². The van der Waals surface area contributed by atoms with Crippen molar-refractivity contribution in [1.82, 2.24) is 24.2 Å². The molecule has 0 unspecified atom stereocenters. The molecule has 208 valence electrons. The fourth-order valence-electron chi connectivity index (χ4n) is 5.38. The molecule has 0 radical (unpaired) electrons. The number of nitrogens with zero attached hydrogens (tertiary/aromatic N) is 5. The Morgan fingerprint density at radius 2 is 2.02 bits per heavy atom. The molecule has 4 aromatic heterocycles. The van der Waals surface area contributed by atoms with Crippen molar-refractivity contribution in [3.05, 3.63) is 59.1 Å².